The van der Waals surface area contributed by atoms with E-state index in [0.717, 1.165) is 24.6 Å². The number of carbonyl (C=O) groups is 1. The number of hydrogen-bond acceptors (Lipinski definition) is 4. The number of rotatable bonds is 5. The Morgan fingerprint density at radius 3 is 2.78 bits per heavy atom. The summed E-state index contributed by atoms with van der Waals surface area (Å²) in [5.41, 5.74) is 0.215. The zero-order valence-corrected chi connectivity index (χ0v) is 12.4. The van der Waals surface area contributed by atoms with Crippen LogP contribution in [0, 0.1) is 11.7 Å². The zero-order chi connectivity index (χ0) is 16.2. The second-order valence-electron chi connectivity index (χ2n) is 5.50. The van der Waals surface area contributed by atoms with E-state index < -0.39 is 23.4 Å². The van der Waals surface area contributed by atoms with Gasteiger partial charge in [-0.2, -0.15) is 4.98 Å². The van der Waals surface area contributed by atoms with E-state index in [1.165, 1.54) is 4.57 Å². The predicted octanol–water partition coefficient (Wildman–Crippen LogP) is 2.54. The highest BCUT2D eigenvalue weighted by atomic mass is 19.1. The lowest BCUT2D eigenvalue weighted by molar-refractivity contribution is 0.155. The second kappa shape index (κ2) is 6.60. The van der Waals surface area contributed by atoms with Crippen LogP contribution in [0.15, 0.2) is 41.3 Å². The molecule has 0 bridgehead atoms. The normalized spacial score (nSPS) is 13.6. The Balaban J connectivity index is 1.61. The zero-order valence-electron chi connectivity index (χ0n) is 12.4. The molecule has 2 aromatic rings. The van der Waals surface area contributed by atoms with E-state index in [2.05, 4.69) is 10.3 Å². The third-order valence-electron chi connectivity index (χ3n) is 3.53. The highest BCUT2D eigenvalue weighted by molar-refractivity contribution is 5.83. The van der Waals surface area contributed by atoms with Gasteiger partial charge in [0.15, 0.2) is 11.6 Å². The van der Waals surface area contributed by atoms with Gasteiger partial charge in [0.2, 0.25) is 0 Å². The van der Waals surface area contributed by atoms with Crippen molar-refractivity contribution in [2.24, 2.45) is 5.92 Å². The largest absolute Gasteiger partial charge is 0.444 e. The molecule has 0 saturated heterocycles. The smallest absolute Gasteiger partial charge is 0.413 e. The lowest BCUT2D eigenvalue weighted by atomic mass is 10.2. The van der Waals surface area contributed by atoms with Crippen LogP contribution in [-0.2, 0) is 17.9 Å². The Labute approximate surface area is 131 Å². The number of benzene rings is 1. The number of aromatic nitrogens is 2. The van der Waals surface area contributed by atoms with Crippen molar-refractivity contribution in [1.82, 2.24) is 9.55 Å². The summed E-state index contributed by atoms with van der Waals surface area (Å²) in [6.45, 7) is 0.508. The molecule has 0 atom stereocenters. The number of nitrogens with one attached hydrogen (secondary N) is 1. The average molecular weight is 317 g/mol. The fourth-order valence-electron chi connectivity index (χ4n) is 2.12. The van der Waals surface area contributed by atoms with Gasteiger partial charge >= 0.3 is 11.8 Å². The summed E-state index contributed by atoms with van der Waals surface area (Å²) < 4.78 is 20.1. The first-order valence-corrected chi connectivity index (χ1v) is 7.36. The number of carbonyl (C=O) groups excluding carboxylic acids is 1. The van der Waals surface area contributed by atoms with Gasteiger partial charge in [-0.3, -0.25) is 9.88 Å². The Bertz CT molecular complexity index is 757. The van der Waals surface area contributed by atoms with Gasteiger partial charge < -0.3 is 4.74 Å². The van der Waals surface area contributed by atoms with Crippen molar-refractivity contribution in [3.05, 3.63) is 58.4 Å². The molecule has 1 aromatic heterocycles. The molecule has 1 N–H and O–H groups in total. The van der Waals surface area contributed by atoms with E-state index in [9.17, 15) is 14.0 Å². The van der Waals surface area contributed by atoms with Crippen molar-refractivity contribution >= 4 is 11.9 Å². The molecule has 1 aromatic carbocycles. The summed E-state index contributed by atoms with van der Waals surface area (Å²) >= 11 is 0. The summed E-state index contributed by atoms with van der Waals surface area (Å²) in [5.74, 6) is -0.759. The van der Waals surface area contributed by atoms with E-state index in [1.54, 1.807) is 12.1 Å². The molecule has 23 heavy (non-hydrogen) atoms. The second-order valence-corrected chi connectivity index (χ2v) is 5.50. The molecular formula is C16H16FN3O3. The molecule has 0 spiro atoms. The molecule has 1 aliphatic carbocycles. The molecule has 0 unspecified atom stereocenters. The lowest BCUT2D eigenvalue weighted by Gasteiger charge is -2.09. The van der Waals surface area contributed by atoms with Gasteiger partial charge in [0, 0.05) is 12.7 Å². The first kappa shape index (κ1) is 15.2. The number of halogens is 1. The minimum Gasteiger partial charge on any atom is -0.444 e. The Hall–Kier alpha value is -2.70. The van der Waals surface area contributed by atoms with Gasteiger partial charge in [0.1, 0.15) is 6.61 Å². The molecule has 6 nitrogen and oxygen atoms in total. The van der Waals surface area contributed by atoms with Crippen molar-refractivity contribution in [3.63, 3.8) is 0 Å². The first-order valence-electron chi connectivity index (χ1n) is 7.36. The topological polar surface area (TPSA) is 73.2 Å². The molecule has 120 valence electrons. The maximum absolute atomic E-state index is 13.9. The SMILES string of the molecule is O=C(Nc1nc(=O)n(CC2CC2)cc1F)OCc1ccccc1. The van der Waals surface area contributed by atoms with E-state index in [0.29, 0.717) is 12.5 Å². The molecule has 1 aliphatic rings. The predicted molar refractivity (Wildman–Crippen MR) is 81.4 cm³/mol. The number of ether oxygens (including phenoxy) is 1. The maximum Gasteiger partial charge on any atom is 0.413 e. The van der Waals surface area contributed by atoms with E-state index in [-0.39, 0.29) is 6.61 Å². The van der Waals surface area contributed by atoms with Crippen LogP contribution in [0.5, 0.6) is 0 Å². The Morgan fingerprint density at radius 2 is 2.09 bits per heavy atom. The molecule has 1 fully saturated rings. The Kier molecular flexibility index (Phi) is 4.36. The minimum absolute atomic E-state index is 0.0486. The number of anilines is 1. The average Bonchev–Trinajstić information content (AvgIpc) is 3.35. The number of hydrogen-bond donors (Lipinski definition) is 1. The quantitative estimate of drug-likeness (QED) is 0.920. The van der Waals surface area contributed by atoms with Gasteiger partial charge in [0.05, 0.1) is 0 Å². The van der Waals surface area contributed by atoms with Crippen molar-refractivity contribution in [2.45, 2.75) is 26.0 Å². The molecule has 0 radical (unpaired) electrons. The monoisotopic (exact) mass is 317 g/mol. The van der Waals surface area contributed by atoms with Crippen LogP contribution >= 0.6 is 0 Å². The number of nitrogens with zero attached hydrogens (tertiary/aromatic N) is 2. The van der Waals surface area contributed by atoms with Crippen LogP contribution < -0.4 is 11.0 Å². The fourth-order valence-corrected chi connectivity index (χ4v) is 2.12. The maximum atomic E-state index is 13.9. The fraction of sp³-hybridized carbons (Fsp3) is 0.312. The van der Waals surface area contributed by atoms with Gasteiger partial charge in [0.25, 0.3) is 0 Å². The molecule has 1 saturated carbocycles. The highest BCUT2D eigenvalue weighted by Crippen LogP contribution is 2.30. The molecule has 0 aliphatic heterocycles. The van der Waals surface area contributed by atoms with Crippen molar-refractivity contribution in [3.8, 4) is 0 Å². The molecule has 7 heteroatoms. The Morgan fingerprint density at radius 1 is 1.35 bits per heavy atom. The van der Waals surface area contributed by atoms with Crippen molar-refractivity contribution < 1.29 is 13.9 Å². The molecule has 1 heterocycles. The van der Waals surface area contributed by atoms with Gasteiger partial charge in [-0.05, 0) is 24.3 Å². The van der Waals surface area contributed by atoms with Crippen LogP contribution in [0.1, 0.15) is 18.4 Å². The van der Waals surface area contributed by atoms with Crippen LogP contribution in [0.3, 0.4) is 0 Å². The van der Waals surface area contributed by atoms with Crippen molar-refractivity contribution in [2.75, 3.05) is 5.32 Å². The van der Waals surface area contributed by atoms with E-state index in [4.69, 9.17) is 4.74 Å². The van der Waals surface area contributed by atoms with Gasteiger partial charge in [-0.15, -0.1) is 0 Å². The van der Waals surface area contributed by atoms with E-state index in [1.807, 2.05) is 18.2 Å². The lowest BCUT2D eigenvalue weighted by Crippen LogP contribution is -2.27. The summed E-state index contributed by atoms with van der Waals surface area (Å²) in [6.07, 6.45) is 2.29. The molecule has 3 rings (SSSR count). The van der Waals surface area contributed by atoms with Crippen LogP contribution in [0.25, 0.3) is 0 Å². The summed E-state index contributed by atoms with van der Waals surface area (Å²) in [6, 6.07) is 9.07. The third kappa shape index (κ3) is 4.15. The third-order valence-corrected chi connectivity index (χ3v) is 3.53. The summed E-state index contributed by atoms with van der Waals surface area (Å²) in [5, 5.41) is 2.16. The summed E-state index contributed by atoms with van der Waals surface area (Å²) in [4.78, 5) is 27.1. The van der Waals surface area contributed by atoms with Gasteiger partial charge in [-0.1, -0.05) is 30.3 Å². The molecule has 1 amide bonds. The van der Waals surface area contributed by atoms with Crippen LogP contribution in [0.4, 0.5) is 15.0 Å². The number of amides is 1. The minimum atomic E-state index is -0.861. The molecular weight excluding hydrogens is 301 g/mol. The highest BCUT2D eigenvalue weighted by Gasteiger charge is 2.23. The standard InChI is InChI=1S/C16H16FN3O3/c17-13-9-20(8-11-6-7-11)15(21)18-14(13)19-16(22)23-10-12-4-2-1-3-5-12/h1-5,9,11H,6-8,10H2,(H,18,19,21,22). The summed E-state index contributed by atoms with van der Waals surface area (Å²) in [7, 11) is 0. The van der Waals surface area contributed by atoms with Crippen LogP contribution in [-0.4, -0.2) is 15.6 Å². The van der Waals surface area contributed by atoms with Gasteiger partial charge in [-0.25, -0.2) is 14.0 Å². The van der Waals surface area contributed by atoms with Crippen LogP contribution in [0.2, 0.25) is 0 Å². The van der Waals surface area contributed by atoms with E-state index >= 15 is 0 Å². The first-order chi connectivity index (χ1) is 11.1. The van der Waals surface area contributed by atoms with Crippen molar-refractivity contribution in [1.29, 1.82) is 0 Å².